The molecular formula is C26H27ClN4O5. The van der Waals surface area contributed by atoms with Gasteiger partial charge in [0.05, 0.1) is 50.2 Å². The summed E-state index contributed by atoms with van der Waals surface area (Å²) in [5, 5.41) is 4.19. The van der Waals surface area contributed by atoms with Crippen LogP contribution in [0, 0.1) is 0 Å². The molecule has 188 valence electrons. The number of hydrogen-bond donors (Lipinski definition) is 1. The number of hydrogen-bond acceptors (Lipinski definition) is 9. The SMILES string of the molecule is COc1cnc(Cl)c(Nc2ncnc3cc(OCc4ccc(OC)cc4OC)cc(OC(C)C)c23)c1. The van der Waals surface area contributed by atoms with Gasteiger partial charge < -0.3 is 29.0 Å². The molecule has 0 radical (unpaired) electrons. The van der Waals surface area contributed by atoms with Crippen LogP contribution in [0.3, 0.4) is 0 Å². The van der Waals surface area contributed by atoms with Crippen molar-refractivity contribution in [2.75, 3.05) is 26.6 Å². The number of halogens is 1. The molecule has 1 N–H and O–H groups in total. The van der Waals surface area contributed by atoms with Gasteiger partial charge in [0, 0.05) is 29.8 Å². The third-order valence-electron chi connectivity index (χ3n) is 5.23. The van der Waals surface area contributed by atoms with Gasteiger partial charge in [-0.15, -0.1) is 0 Å². The van der Waals surface area contributed by atoms with E-state index in [0.29, 0.717) is 51.2 Å². The highest BCUT2D eigenvalue weighted by Crippen LogP contribution is 2.38. The van der Waals surface area contributed by atoms with Crippen LogP contribution in [-0.4, -0.2) is 42.4 Å². The van der Waals surface area contributed by atoms with Crippen molar-refractivity contribution >= 4 is 34.0 Å². The monoisotopic (exact) mass is 510 g/mol. The lowest BCUT2D eigenvalue weighted by Gasteiger charge is -2.17. The number of fused-ring (bicyclic) bond motifs is 1. The zero-order valence-electron chi connectivity index (χ0n) is 20.7. The summed E-state index contributed by atoms with van der Waals surface area (Å²) < 4.78 is 28.3. The van der Waals surface area contributed by atoms with E-state index < -0.39 is 0 Å². The molecule has 4 rings (SSSR count). The number of pyridine rings is 1. The number of nitrogens with zero attached hydrogens (tertiary/aromatic N) is 3. The second-order valence-corrected chi connectivity index (χ2v) is 8.37. The van der Waals surface area contributed by atoms with Gasteiger partial charge in [0.15, 0.2) is 5.15 Å². The van der Waals surface area contributed by atoms with E-state index in [4.69, 9.17) is 35.3 Å². The fourth-order valence-electron chi connectivity index (χ4n) is 3.54. The number of rotatable bonds is 10. The molecule has 9 nitrogen and oxygen atoms in total. The average molecular weight is 511 g/mol. The lowest BCUT2D eigenvalue weighted by molar-refractivity contribution is 0.242. The lowest BCUT2D eigenvalue weighted by Crippen LogP contribution is -2.08. The molecule has 0 saturated heterocycles. The third kappa shape index (κ3) is 5.63. The Morgan fingerprint density at radius 3 is 2.36 bits per heavy atom. The van der Waals surface area contributed by atoms with Crippen LogP contribution in [-0.2, 0) is 6.61 Å². The molecule has 0 bridgehead atoms. The summed E-state index contributed by atoms with van der Waals surface area (Å²) >= 11 is 6.30. The number of nitrogens with one attached hydrogen (secondary N) is 1. The number of methoxy groups -OCH3 is 3. The fourth-order valence-corrected chi connectivity index (χ4v) is 3.69. The molecule has 10 heteroatoms. The van der Waals surface area contributed by atoms with Gasteiger partial charge in [-0.05, 0) is 26.0 Å². The summed E-state index contributed by atoms with van der Waals surface area (Å²) in [5.74, 6) is 3.60. The van der Waals surface area contributed by atoms with E-state index in [1.54, 1.807) is 33.6 Å². The van der Waals surface area contributed by atoms with Crippen molar-refractivity contribution in [1.82, 2.24) is 15.0 Å². The Hall–Kier alpha value is -3.98. The third-order valence-corrected chi connectivity index (χ3v) is 5.53. The molecule has 0 unspecified atom stereocenters. The van der Waals surface area contributed by atoms with Gasteiger partial charge in [0.1, 0.15) is 47.5 Å². The predicted molar refractivity (Wildman–Crippen MR) is 138 cm³/mol. The molecule has 0 aliphatic carbocycles. The fraction of sp³-hybridized carbons (Fsp3) is 0.269. The Morgan fingerprint density at radius 2 is 1.64 bits per heavy atom. The Balaban J connectivity index is 1.70. The normalized spacial score (nSPS) is 10.9. The van der Waals surface area contributed by atoms with Gasteiger partial charge in [-0.25, -0.2) is 15.0 Å². The van der Waals surface area contributed by atoms with Crippen molar-refractivity contribution in [3.05, 3.63) is 59.6 Å². The van der Waals surface area contributed by atoms with E-state index in [1.165, 1.54) is 6.33 Å². The predicted octanol–water partition coefficient (Wildman–Crippen LogP) is 5.81. The first-order valence-corrected chi connectivity index (χ1v) is 11.5. The first-order chi connectivity index (χ1) is 17.4. The van der Waals surface area contributed by atoms with E-state index in [0.717, 1.165) is 5.56 Å². The minimum Gasteiger partial charge on any atom is -0.497 e. The molecule has 0 spiro atoms. The molecule has 2 heterocycles. The molecule has 0 saturated carbocycles. The van der Waals surface area contributed by atoms with Crippen LogP contribution in [0.25, 0.3) is 10.9 Å². The van der Waals surface area contributed by atoms with Crippen LogP contribution in [0.4, 0.5) is 11.5 Å². The molecule has 0 aliphatic rings. The number of aromatic nitrogens is 3. The summed E-state index contributed by atoms with van der Waals surface area (Å²) in [6, 6.07) is 11.0. The summed E-state index contributed by atoms with van der Waals surface area (Å²) in [5.41, 5.74) is 2.04. The quantitative estimate of drug-likeness (QED) is 0.265. The molecule has 4 aromatic rings. The van der Waals surface area contributed by atoms with Crippen molar-refractivity contribution in [3.8, 4) is 28.7 Å². The number of benzene rings is 2. The second kappa shape index (κ2) is 11.2. The van der Waals surface area contributed by atoms with Crippen molar-refractivity contribution in [3.63, 3.8) is 0 Å². The minimum absolute atomic E-state index is 0.0970. The molecule has 36 heavy (non-hydrogen) atoms. The Morgan fingerprint density at radius 1 is 0.861 bits per heavy atom. The molecule has 2 aromatic carbocycles. The van der Waals surface area contributed by atoms with E-state index in [1.807, 2.05) is 44.2 Å². The van der Waals surface area contributed by atoms with Gasteiger partial charge in [-0.3, -0.25) is 0 Å². The van der Waals surface area contributed by atoms with Gasteiger partial charge in [0.2, 0.25) is 0 Å². The molecule has 0 aliphatic heterocycles. The maximum absolute atomic E-state index is 6.30. The van der Waals surface area contributed by atoms with E-state index in [2.05, 4.69) is 20.3 Å². The lowest BCUT2D eigenvalue weighted by atomic mass is 10.1. The van der Waals surface area contributed by atoms with Crippen molar-refractivity contribution in [1.29, 1.82) is 0 Å². The maximum atomic E-state index is 6.30. The molecule has 2 aromatic heterocycles. The van der Waals surface area contributed by atoms with Crippen LogP contribution in [0.5, 0.6) is 28.7 Å². The minimum atomic E-state index is -0.0970. The molecule has 0 fully saturated rings. The summed E-state index contributed by atoms with van der Waals surface area (Å²) in [7, 11) is 4.78. The topological polar surface area (TPSA) is 96.9 Å². The van der Waals surface area contributed by atoms with Crippen LogP contribution in [0.2, 0.25) is 5.15 Å². The van der Waals surface area contributed by atoms with E-state index in [-0.39, 0.29) is 17.9 Å². The zero-order chi connectivity index (χ0) is 25.7. The number of ether oxygens (including phenoxy) is 5. The van der Waals surface area contributed by atoms with Gasteiger partial charge in [-0.1, -0.05) is 11.6 Å². The number of anilines is 2. The standard InChI is InChI=1S/C26H27ClN4O5/c1-15(2)36-23-11-18(35-13-16-6-7-17(32-3)10-22(16)34-5)8-20-24(23)26(30-14-29-20)31-21-9-19(33-4)12-28-25(21)27/h6-12,14-15H,13H2,1-5H3,(H,29,30,31). The van der Waals surface area contributed by atoms with Crippen LogP contribution in [0.15, 0.2) is 48.9 Å². The molecule has 0 atom stereocenters. The molecule has 0 amide bonds. The van der Waals surface area contributed by atoms with Gasteiger partial charge in [-0.2, -0.15) is 0 Å². The summed E-state index contributed by atoms with van der Waals surface area (Å²) in [4.78, 5) is 13.0. The maximum Gasteiger partial charge on any atom is 0.152 e. The van der Waals surface area contributed by atoms with E-state index >= 15 is 0 Å². The summed E-state index contributed by atoms with van der Waals surface area (Å²) in [6.45, 7) is 4.17. The van der Waals surface area contributed by atoms with Crippen LogP contribution >= 0.6 is 11.6 Å². The Bertz CT molecular complexity index is 1370. The smallest absolute Gasteiger partial charge is 0.152 e. The van der Waals surface area contributed by atoms with Crippen LogP contribution < -0.4 is 29.0 Å². The zero-order valence-corrected chi connectivity index (χ0v) is 21.4. The highest BCUT2D eigenvalue weighted by Gasteiger charge is 2.17. The first kappa shape index (κ1) is 25.1. The van der Waals surface area contributed by atoms with Gasteiger partial charge >= 0.3 is 0 Å². The first-order valence-electron chi connectivity index (χ1n) is 11.2. The Kier molecular flexibility index (Phi) is 7.80. The second-order valence-electron chi connectivity index (χ2n) is 8.01. The Labute approximate surface area is 214 Å². The largest absolute Gasteiger partial charge is 0.497 e. The van der Waals surface area contributed by atoms with Crippen molar-refractivity contribution in [2.24, 2.45) is 0 Å². The van der Waals surface area contributed by atoms with E-state index in [9.17, 15) is 0 Å². The highest BCUT2D eigenvalue weighted by molar-refractivity contribution is 6.32. The average Bonchev–Trinajstić information content (AvgIpc) is 2.88. The highest BCUT2D eigenvalue weighted by atomic mass is 35.5. The van der Waals surface area contributed by atoms with Crippen molar-refractivity contribution in [2.45, 2.75) is 26.6 Å². The van der Waals surface area contributed by atoms with Gasteiger partial charge in [0.25, 0.3) is 0 Å². The summed E-state index contributed by atoms with van der Waals surface area (Å²) in [6.07, 6.45) is 2.90. The van der Waals surface area contributed by atoms with Crippen LogP contribution in [0.1, 0.15) is 19.4 Å². The van der Waals surface area contributed by atoms with Crippen molar-refractivity contribution < 1.29 is 23.7 Å². The molecular weight excluding hydrogens is 484 g/mol.